The van der Waals surface area contributed by atoms with Crippen LogP contribution in [0.4, 0.5) is 0 Å². The van der Waals surface area contributed by atoms with E-state index in [1.54, 1.807) is 0 Å². The van der Waals surface area contributed by atoms with Gasteiger partial charge in [-0.3, -0.25) is 0 Å². The molecule has 0 saturated carbocycles. The van der Waals surface area contributed by atoms with Gasteiger partial charge in [0.15, 0.2) is 0 Å². The van der Waals surface area contributed by atoms with Crippen LogP contribution < -0.4 is 15.9 Å². The third-order valence-electron chi connectivity index (χ3n) is 2.86. The molecule has 0 saturated heterocycles. The molecule has 2 N–H and O–H groups in total. The Labute approximate surface area is 98.8 Å². The fourth-order valence-electron chi connectivity index (χ4n) is 2.17. The first-order chi connectivity index (χ1) is 7.81. The average Bonchev–Trinajstić information content (AvgIpc) is 2.55. The predicted molar refractivity (Wildman–Crippen MR) is 61.2 cm³/mol. The maximum absolute atomic E-state index is 6.17. The third-order valence-corrected chi connectivity index (χ3v) is 3.19. The molecule has 0 aromatic heterocycles. The number of benzene rings is 1. The summed E-state index contributed by atoms with van der Waals surface area (Å²) >= 11 is 6.17. The van der Waals surface area contributed by atoms with E-state index in [1.165, 1.54) is 0 Å². The molecule has 2 aliphatic heterocycles. The molecule has 2 aliphatic rings. The molecule has 0 amide bonds. The highest BCUT2D eigenvalue weighted by Gasteiger charge is 2.42. The van der Waals surface area contributed by atoms with Crippen LogP contribution in [0, 0.1) is 0 Å². The van der Waals surface area contributed by atoms with E-state index in [0.717, 1.165) is 16.8 Å². The van der Waals surface area contributed by atoms with Gasteiger partial charge in [0.2, 0.25) is 0 Å². The lowest BCUT2D eigenvalue weighted by Crippen LogP contribution is -2.31. The predicted octanol–water partition coefficient (Wildman–Crippen LogP) is 0.474. The molecular weight excluding hydrogens is 228 g/mol. The Bertz CT molecular complexity index is 429. The molecule has 1 atom stereocenters. The van der Waals surface area contributed by atoms with E-state index >= 15 is 0 Å². The van der Waals surface area contributed by atoms with Gasteiger partial charge < -0.3 is 19.8 Å². The average molecular weight is 239 g/mol. The Morgan fingerprint density at radius 3 is 3.12 bits per heavy atom. The summed E-state index contributed by atoms with van der Waals surface area (Å²) < 4.78 is 16.9. The van der Waals surface area contributed by atoms with Crippen molar-refractivity contribution in [2.75, 3.05) is 19.8 Å². The first-order valence-electron chi connectivity index (χ1n) is 5.23. The fraction of sp³-hybridized carbons (Fsp3) is 0.400. The van der Waals surface area contributed by atoms with Crippen molar-refractivity contribution < 1.29 is 14.0 Å². The molecule has 2 heterocycles. The molecule has 0 unspecified atom stereocenters. The first kappa shape index (κ1) is 10.4. The van der Waals surface area contributed by atoms with E-state index in [4.69, 9.17) is 31.4 Å². The second kappa shape index (κ2) is 3.93. The molecule has 0 spiro atoms. The lowest BCUT2D eigenvalue weighted by Gasteiger charge is -2.13. The summed E-state index contributed by atoms with van der Waals surface area (Å²) in [5.41, 5.74) is 7.48. The summed E-state index contributed by atoms with van der Waals surface area (Å²) in [6.45, 7) is 1.42. The number of hydrogen-bond acceptors (Lipinski definition) is 4. The molecule has 1 aromatic rings. The van der Waals surface area contributed by atoms with Gasteiger partial charge in [-0.25, -0.2) is 0 Å². The van der Waals surface area contributed by atoms with Crippen molar-refractivity contribution >= 4 is 24.2 Å². The van der Waals surface area contributed by atoms with Gasteiger partial charge in [0.1, 0.15) is 12.4 Å². The summed E-state index contributed by atoms with van der Waals surface area (Å²) in [6.07, 6.45) is -0.200. The van der Waals surface area contributed by atoms with Crippen molar-refractivity contribution in [1.82, 2.24) is 0 Å². The minimum atomic E-state index is -0.389. The van der Waals surface area contributed by atoms with Crippen molar-refractivity contribution in [3.63, 3.8) is 0 Å². The van der Waals surface area contributed by atoms with Crippen LogP contribution in [0.5, 0.6) is 5.75 Å². The third kappa shape index (κ3) is 1.43. The van der Waals surface area contributed by atoms with Crippen LogP contribution in [0.15, 0.2) is 12.1 Å². The first-order valence-corrected chi connectivity index (χ1v) is 5.61. The van der Waals surface area contributed by atoms with Crippen molar-refractivity contribution in [2.45, 2.75) is 6.10 Å². The Kier molecular flexibility index (Phi) is 2.56. The smallest absolute Gasteiger partial charge is 0.492 e. The van der Waals surface area contributed by atoms with E-state index < -0.39 is 0 Å². The molecule has 0 bridgehead atoms. The zero-order valence-electron chi connectivity index (χ0n) is 8.61. The monoisotopic (exact) mass is 239 g/mol. The summed E-state index contributed by atoms with van der Waals surface area (Å²) in [5, 5.41) is 0.658. The second-order valence-corrected chi connectivity index (χ2v) is 4.19. The quantitative estimate of drug-likeness (QED) is 0.724. The molecule has 6 heteroatoms. The van der Waals surface area contributed by atoms with E-state index in [2.05, 4.69) is 0 Å². The lowest BCUT2D eigenvalue weighted by molar-refractivity contribution is 0.148. The van der Waals surface area contributed by atoms with E-state index in [1.807, 2.05) is 12.1 Å². The maximum Gasteiger partial charge on any atom is 0.498 e. The van der Waals surface area contributed by atoms with Gasteiger partial charge in [-0.15, -0.1) is 0 Å². The number of hydrogen-bond donors (Lipinski definition) is 1. The van der Waals surface area contributed by atoms with Crippen LogP contribution in [0.25, 0.3) is 0 Å². The van der Waals surface area contributed by atoms with E-state index in [-0.39, 0.29) is 13.2 Å². The minimum absolute atomic E-state index is 0.200. The molecule has 84 valence electrons. The van der Waals surface area contributed by atoms with Crippen LogP contribution in [-0.2, 0) is 9.31 Å². The van der Waals surface area contributed by atoms with Gasteiger partial charge in [-0.1, -0.05) is 11.6 Å². The van der Waals surface area contributed by atoms with Gasteiger partial charge in [-0.2, -0.15) is 0 Å². The number of nitrogens with two attached hydrogens (primary N) is 1. The minimum Gasteiger partial charge on any atom is -0.492 e. The van der Waals surface area contributed by atoms with Gasteiger partial charge in [0.25, 0.3) is 0 Å². The Balaban J connectivity index is 2.17. The van der Waals surface area contributed by atoms with Gasteiger partial charge in [-0.05, 0) is 12.1 Å². The number of rotatable bonds is 1. The van der Waals surface area contributed by atoms with E-state index in [0.29, 0.717) is 24.8 Å². The Hall–Kier alpha value is -0.745. The van der Waals surface area contributed by atoms with E-state index in [9.17, 15) is 0 Å². The summed E-state index contributed by atoms with van der Waals surface area (Å²) in [6, 6.07) is 3.67. The van der Waals surface area contributed by atoms with Crippen LogP contribution >= 0.6 is 11.6 Å². The second-order valence-electron chi connectivity index (χ2n) is 3.78. The highest BCUT2D eigenvalue weighted by Crippen LogP contribution is 2.34. The van der Waals surface area contributed by atoms with Crippen molar-refractivity contribution in [2.24, 2.45) is 5.73 Å². The molecule has 0 aliphatic carbocycles. The standard InChI is InChI=1S/C10H11BClNO3/c12-6-1-2-7-10-9(6)8(5-13)16-11(10)15-4-3-14-7/h1-2,8H,3-5,13H2/t8-/m0/s1. The SMILES string of the molecule is NC[C@@H]1OB2OCCOc3ccc(Cl)c1c32. The van der Waals surface area contributed by atoms with Crippen LogP contribution in [-0.4, -0.2) is 26.9 Å². The largest absolute Gasteiger partial charge is 0.498 e. The highest BCUT2D eigenvalue weighted by atomic mass is 35.5. The maximum atomic E-state index is 6.17. The zero-order chi connectivity index (χ0) is 11.1. The van der Waals surface area contributed by atoms with Crippen LogP contribution in [0.3, 0.4) is 0 Å². The summed E-state index contributed by atoms with van der Waals surface area (Å²) in [7, 11) is -0.389. The Morgan fingerprint density at radius 2 is 2.31 bits per heavy atom. The van der Waals surface area contributed by atoms with Crippen molar-refractivity contribution in [3.05, 3.63) is 22.7 Å². The number of ether oxygens (including phenoxy) is 1. The van der Waals surface area contributed by atoms with Gasteiger partial charge >= 0.3 is 7.12 Å². The molecule has 0 fully saturated rings. The number of halogens is 1. The normalized spacial score (nSPS) is 22.6. The molecular formula is C10H11BClNO3. The molecule has 0 radical (unpaired) electrons. The van der Waals surface area contributed by atoms with Crippen LogP contribution in [0.2, 0.25) is 5.02 Å². The zero-order valence-corrected chi connectivity index (χ0v) is 9.37. The summed E-state index contributed by atoms with van der Waals surface area (Å²) in [5.74, 6) is 0.790. The fourth-order valence-corrected chi connectivity index (χ4v) is 2.46. The highest BCUT2D eigenvalue weighted by molar-refractivity contribution is 6.64. The van der Waals surface area contributed by atoms with Gasteiger partial charge in [0, 0.05) is 22.6 Å². The van der Waals surface area contributed by atoms with Crippen molar-refractivity contribution in [1.29, 1.82) is 0 Å². The summed E-state index contributed by atoms with van der Waals surface area (Å²) in [4.78, 5) is 0. The lowest BCUT2D eigenvalue weighted by atomic mass is 9.78. The van der Waals surface area contributed by atoms with Gasteiger partial charge in [0.05, 0.1) is 12.7 Å². The Morgan fingerprint density at radius 1 is 1.44 bits per heavy atom. The molecule has 3 rings (SSSR count). The molecule has 16 heavy (non-hydrogen) atoms. The van der Waals surface area contributed by atoms with Crippen molar-refractivity contribution in [3.8, 4) is 5.75 Å². The van der Waals surface area contributed by atoms with Crippen LogP contribution in [0.1, 0.15) is 11.7 Å². The molecule has 4 nitrogen and oxygen atoms in total. The topological polar surface area (TPSA) is 53.7 Å². The molecule has 1 aromatic carbocycles.